The largest absolute Gasteiger partial charge is 0.381 e. The van der Waals surface area contributed by atoms with E-state index in [0.717, 1.165) is 5.69 Å². The van der Waals surface area contributed by atoms with Crippen LogP contribution in [0.25, 0.3) is 11.3 Å². The molecular formula is C11H12FN3O. The first kappa shape index (κ1) is 10.5. The molecule has 0 saturated carbocycles. The summed E-state index contributed by atoms with van der Waals surface area (Å²) in [5.41, 5.74) is 6.95. The standard InChI is InChI=1S/C11H12FN3O/c1-15(2)9-4-3-7(12)5-8(9)10-6-11(13)14-16-10/h3-6H,1-2H3,(H2,13,14). The first-order valence-electron chi connectivity index (χ1n) is 4.77. The zero-order valence-electron chi connectivity index (χ0n) is 9.07. The third kappa shape index (κ3) is 1.84. The maximum atomic E-state index is 13.2. The lowest BCUT2D eigenvalue weighted by molar-refractivity contribution is 0.435. The molecule has 16 heavy (non-hydrogen) atoms. The second-order valence-electron chi connectivity index (χ2n) is 3.67. The second kappa shape index (κ2) is 3.84. The number of hydrogen-bond acceptors (Lipinski definition) is 4. The molecule has 0 bridgehead atoms. The lowest BCUT2D eigenvalue weighted by atomic mass is 10.1. The summed E-state index contributed by atoms with van der Waals surface area (Å²) >= 11 is 0. The van der Waals surface area contributed by atoms with Crippen molar-refractivity contribution in [2.24, 2.45) is 0 Å². The van der Waals surface area contributed by atoms with Gasteiger partial charge >= 0.3 is 0 Å². The fourth-order valence-electron chi connectivity index (χ4n) is 1.51. The summed E-state index contributed by atoms with van der Waals surface area (Å²) in [6, 6.07) is 6.05. The van der Waals surface area contributed by atoms with Crippen LogP contribution >= 0.6 is 0 Å². The van der Waals surface area contributed by atoms with Gasteiger partial charge in [-0.3, -0.25) is 0 Å². The van der Waals surface area contributed by atoms with Gasteiger partial charge in [0.15, 0.2) is 11.6 Å². The van der Waals surface area contributed by atoms with Crippen molar-refractivity contribution in [1.29, 1.82) is 0 Å². The Hall–Kier alpha value is -2.04. The van der Waals surface area contributed by atoms with Crippen LogP contribution in [0.2, 0.25) is 0 Å². The highest BCUT2D eigenvalue weighted by molar-refractivity contribution is 5.76. The average Bonchev–Trinajstić information content (AvgIpc) is 2.64. The van der Waals surface area contributed by atoms with Gasteiger partial charge in [-0.05, 0) is 18.2 Å². The van der Waals surface area contributed by atoms with Gasteiger partial charge in [0.2, 0.25) is 0 Å². The van der Waals surface area contributed by atoms with E-state index in [4.69, 9.17) is 10.3 Å². The molecule has 2 aromatic rings. The molecule has 0 aliphatic heterocycles. The number of rotatable bonds is 2. The molecule has 84 valence electrons. The van der Waals surface area contributed by atoms with Crippen molar-refractivity contribution in [3.63, 3.8) is 0 Å². The summed E-state index contributed by atoms with van der Waals surface area (Å²) in [5, 5.41) is 3.58. The van der Waals surface area contributed by atoms with Crippen molar-refractivity contribution < 1.29 is 8.91 Å². The number of anilines is 2. The molecule has 0 aliphatic carbocycles. The van der Waals surface area contributed by atoms with Gasteiger partial charge in [-0.25, -0.2) is 4.39 Å². The summed E-state index contributed by atoms with van der Waals surface area (Å²) in [6.07, 6.45) is 0. The van der Waals surface area contributed by atoms with Crippen LogP contribution in [0.1, 0.15) is 0 Å². The van der Waals surface area contributed by atoms with Crippen molar-refractivity contribution in [3.05, 3.63) is 30.1 Å². The van der Waals surface area contributed by atoms with Gasteiger partial charge in [0, 0.05) is 31.4 Å². The molecule has 0 atom stereocenters. The van der Waals surface area contributed by atoms with Crippen LogP contribution in [-0.4, -0.2) is 19.3 Å². The zero-order valence-corrected chi connectivity index (χ0v) is 9.07. The molecule has 5 heteroatoms. The van der Waals surface area contributed by atoms with E-state index in [9.17, 15) is 4.39 Å². The van der Waals surface area contributed by atoms with Crippen molar-refractivity contribution in [3.8, 4) is 11.3 Å². The smallest absolute Gasteiger partial charge is 0.171 e. The molecule has 0 amide bonds. The molecule has 0 fully saturated rings. The monoisotopic (exact) mass is 221 g/mol. The number of aromatic nitrogens is 1. The summed E-state index contributed by atoms with van der Waals surface area (Å²) in [7, 11) is 3.74. The maximum Gasteiger partial charge on any atom is 0.171 e. The topological polar surface area (TPSA) is 55.3 Å². The highest BCUT2D eigenvalue weighted by Crippen LogP contribution is 2.31. The van der Waals surface area contributed by atoms with E-state index in [1.807, 2.05) is 19.0 Å². The first-order valence-corrected chi connectivity index (χ1v) is 4.77. The highest BCUT2D eigenvalue weighted by Gasteiger charge is 2.12. The number of nitrogen functional groups attached to an aromatic ring is 1. The van der Waals surface area contributed by atoms with Gasteiger partial charge in [0.05, 0.1) is 0 Å². The minimum absolute atomic E-state index is 0.281. The predicted molar refractivity (Wildman–Crippen MR) is 60.6 cm³/mol. The summed E-state index contributed by atoms with van der Waals surface area (Å²) in [6.45, 7) is 0. The third-order valence-electron chi connectivity index (χ3n) is 2.23. The minimum Gasteiger partial charge on any atom is -0.381 e. The summed E-state index contributed by atoms with van der Waals surface area (Å²) < 4.78 is 18.2. The van der Waals surface area contributed by atoms with Crippen LogP contribution in [0.4, 0.5) is 15.9 Å². The number of nitrogens with two attached hydrogens (primary N) is 1. The Labute approximate surface area is 92.4 Å². The second-order valence-corrected chi connectivity index (χ2v) is 3.67. The summed E-state index contributed by atoms with van der Waals surface area (Å²) in [5.74, 6) is 0.417. The normalized spacial score (nSPS) is 10.4. The Balaban J connectivity index is 2.57. The van der Waals surface area contributed by atoms with E-state index in [1.165, 1.54) is 12.1 Å². The molecule has 4 nitrogen and oxygen atoms in total. The number of benzene rings is 1. The lowest BCUT2D eigenvalue weighted by Crippen LogP contribution is -2.09. The molecule has 1 heterocycles. The van der Waals surface area contributed by atoms with E-state index in [0.29, 0.717) is 11.3 Å². The van der Waals surface area contributed by atoms with Gasteiger partial charge in [-0.1, -0.05) is 5.16 Å². The number of nitrogens with zero attached hydrogens (tertiary/aromatic N) is 2. The van der Waals surface area contributed by atoms with E-state index < -0.39 is 0 Å². The fraction of sp³-hybridized carbons (Fsp3) is 0.182. The molecule has 1 aromatic carbocycles. The Morgan fingerprint density at radius 1 is 1.31 bits per heavy atom. The lowest BCUT2D eigenvalue weighted by Gasteiger charge is -2.15. The SMILES string of the molecule is CN(C)c1ccc(F)cc1-c1cc(N)no1. The van der Waals surface area contributed by atoms with Gasteiger partial charge < -0.3 is 15.2 Å². The average molecular weight is 221 g/mol. The van der Waals surface area contributed by atoms with Gasteiger partial charge in [-0.15, -0.1) is 0 Å². The van der Waals surface area contributed by atoms with Crippen LogP contribution in [0, 0.1) is 5.82 Å². The van der Waals surface area contributed by atoms with E-state index in [2.05, 4.69) is 5.16 Å². The van der Waals surface area contributed by atoms with Crippen LogP contribution in [0.3, 0.4) is 0 Å². The predicted octanol–water partition coefficient (Wildman–Crippen LogP) is 2.13. The van der Waals surface area contributed by atoms with E-state index in [-0.39, 0.29) is 11.6 Å². The molecule has 0 spiro atoms. The van der Waals surface area contributed by atoms with Crippen molar-refractivity contribution in [2.45, 2.75) is 0 Å². The van der Waals surface area contributed by atoms with E-state index in [1.54, 1.807) is 12.1 Å². The van der Waals surface area contributed by atoms with Crippen LogP contribution in [-0.2, 0) is 0 Å². The van der Waals surface area contributed by atoms with Gasteiger partial charge in [0.1, 0.15) is 5.82 Å². The molecule has 1 aromatic heterocycles. The van der Waals surface area contributed by atoms with Crippen molar-refractivity contribution in [1.82, 2.24) is 5.16 Å². The molecule has 0 unspecified atom stereocenters. The van der Waals surface area contributed by atoms with Crippen LogP contribution in [0.5, 0.6) is 0 Å². The Bertz CT molecular complexity index is 508. The fourth-order valence-corrected chi connectivity index (χ4v) is 1.51. The molecule has 2 rings (SSSR count). The maximum absolute atomic E-state index is 13.2. The van der Waals surface area contributed by atoms with Gasteiger partial charge in [0.25, 0.3) is 0 Å². The molecule has 0 aliphatic rings. The minimum atomic E-state index is -0.324. The zero-order chi connectivity index (χ0) is 11.7. The molecular weight excluding hydrogens is 209 g/mol. The third-order valence-corrected chi connectivity index (χ3v) is 2.23. The molecule has 0 radical (unpaired) electrons. The van der Waals surface area contributed by atoms with Gasteiger partial charge in [-0.2, -0.15) is 0 Å². The van der Waals surface area contributed by atoms with Crippen molar-refractivity contribution >= 4 is 11.5 Å². The number of halogens is 1. The quantitative estimate of drug-likeness (QED) is 0.844. The Morgan fingerprint density at radius 2 is 2.06 bits per heavy atom. The Morgan fingerprint density at radius 3 is 2.62 bits per heavy atom. The van der Waals surface area contributed by atoms with Crippen molar-refractivity contribution in [2.75, 3.05) is 24.7 Å². The van der Waals surface area contributed by atoms with Crippen LogP contribution in [0.15, 0.2) is 28.8 Å². The van der Waals surface area contributed by atoms with E-state index >= 15 is 0 Å². The first-order chi connectivity index (χ1) is 7.58. The van der Waals surface area contributed by atoms with Crippen LogP contribution < -0.4 is 10.6 Å². The highest BCUT2D eigenvalue weighted by atomic mass is 19.1. The Kier molecular flexibility index (Phi) is 2.52. The molecule has 0 saturated heterocycles. The molecule has 2 N–H and O–H groups in total. The summed E-state index contributed by atoms with van der Waals surface area (Å²) in [4.78, 5) is 1.87. The number of hydrogen-bond donors (Lipinski definition) is 1.